The predicted molar refractivity (Wildman–Crippen MR) is 86.0 cm³/mol. The largest absolute Gasteiger partial charge is 0.377 e. The lowest BCUT2D eigenvalue weighted by molar-refractivity contribution is 0.127. The summed E-state index contributed by atoms with van der Waals surface area (Å²) in [5.74, 6) is 0.705. The number of anilines is 1. The van der Waals surface area contributed by atoms with Crippen LogP contribution in [0, 0.1) is 0 Å². The second kappa shape index (κ2) is 5.87. The smallest absolute Gasteiger partial charge is 0.224 e. The lowest BCUT2D eigenvalue weighted by atomic mass is 10.3. The van der Waals surface area contributed by atoms with E-state index in [4.69, 9.17) is 4.74 Å². The number of nitrogens with one attached hydrogen (secondary N) is 1. The quantitative estimate of drug-likeness (QED) is 0.875. The minimum atomic E-state index is 0.298. The number of rotatable bonds is 4. The molecular weight excluding hydrogens is 290 g/mol. The summed E-state index contributed by atoms with van der Waals surface area (Å²) in [7, 11) is 1.87. The highest BCUT2D eigenvalue weighted by Gasteiger charge is 2.27. The van der Waals surface area contributed by atoms with Gasteiger partial charge < -0.3 is 10.1 Å². The molecule has 0 radical (unpaired) electrons. The minimum Gasteiger partial charge on any atom is -0.377 e. The van der Waals surface area contributed by atoms with E-state index in [9.17, 15) is 0 Å². The molecule has 0 spiro atoms. The van der Waals surface area contributed by atoms with Crippen LogP contribution in [0.4, 0.5) is 5.95 Å². The fraction of sp³-hybridized carbons (Fsp3) is 0.571. The highest BCUT2D eigenvalue weighted by Crippen LogP contribution is 2.38. The summed E-state index contributed by atoms with van der Waals surface area (Å²) in [6, 6.07) is 2.24. The summed E-state index contributed by atoms with van der Waals surface area (Å²) in [6.45, 7) is 5.18. The number of nitrogens with zero attached hydrogens (tertiary/aromatic N) is 2. The molecule has 3 rings (SSSR count). The molecule has 1 aliphatic rings. The van der Waals surface area contributed by atoms with Gasteiger partial charge in [-0.15, -0.1) is 11.3 Å². The molecule has 2 atom stereocenters. The second-order valence-corrected chi connectivity index (χ2v) is 7.25. The fourth-order valence-electron chi connectivity index (χ4n) is 2.33. The van der Waals surface area contributed by atoms with Crippen molar-refractivity contribution in [1.29, 1.82) is 0 Å². The van der Waals surface area contributed by atoms with Crippen molar-refractivity contribution in [3.63, 3.8) is 0 Å². The van der Waals surface area contributed by atoms with Crippen molar-refractivity contribution < 1.29 is 4.74 Å². The first-order chi connectivity index (χ1) is 9.71. The molecule has 4 nitrogen and oxygen atoms in total. The van der Waals surface area contributed by atoms with Gasteiger partial charge in [0, 0.05) is 29.2 Å². The first-order valence-corrected chi connectivity index (χ1v) is 8.67. The molecule has 6 heteroatoms. The third-order valence-electron chi connectivity index (χ3n) is 3.55. The van der Waals surface area contributed by atoms with Crippen LogP contribution in [0.1, 0.15) is 25.1 Å². The first-order valence-electron chi connectivity index (χ1n) is 6.97. The maximum atomic E-state index is 5.66. The number of aryl methyl sites for hydroxylation is 1. The van der Waals surface area contributed by atoms with Crippen LogP contribution >= 0.6 is 23.1 Å². The van der Waals surface area contributed by atoms with E-state index in [0.29, 0.717) is 17.3 Å². The highest BCUT2D eigenvalue weighted by atomic mass is 32.2. The van der Waals surface area contributed by atoms with E-state index in [0.717, 1.165) is 29.3 Å². The Morgan fingerprint density at radius 2 is 2.35 bits per heavy atom. The molecule has 2 unspecified atom stereocenters. The summed E-state index contributed by atoms with van der Waals surface area (Å²) < 4.78 is 5.66. The van der Waals surface area contributed by atoms with Gasteiger partial charge in [-0.1, -0.05) is 18.7 Å². The maximum Gasteiger partial charge on any atom is 0.224 e. The van der Waals surface area contributed by atoms with E-state index in [1.807, 2.05) is 18.8 Å². The Morgan fingerprint density at radius 1 is 1.50 bits per heavy atom. The number of aromatic nitrogens is 2. The Bertz CT molecular complexity index is 614. The molecule has 3 heterocycles. The number of thiophene rings is 1. The molecule has 0 aliphatic carbocycles. The molecule has 0 amide bonds. The van der Waals surface area contributed by atoms with Crippen LogP contribution in [0.15, 0.2) is 11.1 Å². The van der Waals surface area contributed by atoms with Crippen molar-refractivity contribution >= 4 is 39.3 Å². The van der Waals surface area contributed by atoms with E-state index >= 15 is 0 Å². The van der Waals surface area contributed by atoms with E-state index < -0.39 is 0 Å². The first kappa shape index (κ1) is 14.1. The fourth-order valence-corrected chi connectivity index (χ4v) is 4.56. The van der Waals surface area contributed by atoms with Crippen LogP contribution in [0.2, 0.25) is 0 Å². The summed E-state index contributed by atoms with van der Waals surface area (Å²) in [5.41, 5.74) is 0. The maximum absolute atomic E-state index is 5.66. The summed E-state index contributed by atoms with van der Waals surface area (Å²) >= 11 is 3.60. The van der Waals surface area contributed by atoms with Crippen molar-refractivity contribution in [3.8, 4) is 0 Å². The number of thioether (sulfide) groups is 1. The van der Waals surface area contributed by atoms with Gasteiger partial charge in [0.05, 0.1) is 6.10 Å². The van der Waals surface area contributed by atoms with Crippen molar-refractivity contribution in [3.05, 3.63) is 10.9 Å². The molecule has 1 N–H and O–H groups in total. The van der Waals surface area contributed by atoms with Crippen LogP contribution in [0.5, 0.6) is 0 Å². The van der Waals surface area contributed by atoms with Gasteiger partial charge in [-0.25, -0.2) is 9.97 Å². The van der Waals surface area contributed by atoms with E-state index in [1.165, 1.54) is 10.3 Å². The zero-order valence-electron chi connectivity index (χ0n) is 12.0. The van der Waals surface area contributed by atoms with E-state index in [1.54, 1.807) is 11.3 Å². The molecule has 2 aromatic heterocycles. The lowest BCUT2D eigenvalue weighted by Gasteiger charge is -2.13. The molecule has 2 aromatic rings. The van der Waals surface area contributed by atoms with Crippen LogP contribution in [0.3, 0.4) is 0 Å². The zero-order valence-corrected chi connectivity index (χ0v) is 13.6. The van der Waals surface area contributed by atoms with Crippen LogP contribution < -0.4 is 5.32 Å². The Labute approximate surface area is 127 Å². The predicted octanol–water partition coefficient (Wildman–Crippen LogP) is 3.56. The van der Waals surface area contributed by atoms with Crippen molar-refractivity contribution in [2.75, 3.05) is 19.0 Å². The van der Waals surface area contributed by atoms with Crippen molar-refractivity contribution in [2.24, 2.45) is 0 Å². The van der Waals surface area contributed by atoms with Crippen LogP contribution in [-0.2, 0) is 11.2 Å². The Hall–Kier alpha value is -0.850. The van der Waals surface area contributed by atoms with Gasteiger partial charge in [-0.2, -0.15) is 0 Å². The van der Waals surface area contributed by atoms with Gasteiger partial charge in [-0.3, -0.25) is 0 Å². The van der Waals surface area contributed by atoms with E-state index in [2.05, 4.69) is 35.2 Å². The minimum absolute atomic E-state index is 0.298. The van der Waals surface area contributed by atoms with Crippen molar-refractivity contribution in [1.82, 2.24) is 9.97 Å². The number of fused-ring (bicyclic) bond motifs is 1. The lowest BCUT2D eigenvalue weighted by Crippen LogP contribution is -2.13. The molecule has 0 bridgehead atoms. The van der Waals surface area contributed by atoms with Gasteiger partial charge in [0.15, 0.2) is 0 Å². The van der Waals surface area contributed by atoms with E-state index in [-0.39, 0.29) is 0 Å². The van der Waals surface area contributed by atoms with Gasteiger partial charge in [0.1, 0.15) is 9.86 Å². The molecule has 20 heavy (non-hydrogen) atoms. The van der Waals surface area contributed by atoms with Gasteiger partial charge in [-0.05, 0) is 25.8 Å². The average molecular weight is 309 g/mol. The van der Waals surface area contributed by atoms with Crippen molar-refractivity contribution in [2.45, 2.75) is 43.1 Å². The summed E-state index contributed by atoms with van der Waals surface area (Å²) in [5, 5.41) is 5.82. The number of ether oxygens (including phenoxy) is 1. The molecule has 1 fully saturated rings. The topological polar surface area (TPSA) is 47.0 Å². The van der Waals surface area contributed by atoms with Gasteiger partial charge >= 0.3 is 0 Å². The molecule has 0 saturated carbocycles. The molecule has 0 aromatic carbocycles. The third-order valence-corrected chi connectivity index (χ3v) is 6.18. The van der Waals surface area contributed by atoms with Crippen LogP contribution in [0.25, 0.3) is 10.2 Å². The Kier molecular flexibility index (Phi) is 4.14. The van der Waals surface area contributed by atoms with Gasteiger partial charge in [0.2, 0.25) is 5.95 Å². The number of hydrogen-bond donors (Lipinski definition) is 1. The average Bonchev–Trinajstić information content (AvgIpc) is 3.05. The normalized spacial score (nSPS) is 22.6. The summed E-state index contributed by atoms with van der Waals surface area (Å²) in [6.07, 6.45) is 2.44. The molecule has 108 valence electrons. The monoisotopic (exact) mass is 309 g/mol. The molecule has 1 saturated heterocycles. The van der Waals surface area contributed by atoms with Gasteiger partial charge in [0.25, 0.3) is 0 Å². The standard InChI is InChI=1S/C14H19N3OS2/c1-4-9-7-10-12(19-9)16-14(15-3)17-13(10)20-11-5-6-18-8(11)2/h7-8,11H,4-6H2,1-3H3,(H,15,16,17). The highest BCUT2D eigenvalue weighted by molar-refractivity contribution is 8.00. The Balaban J connectivity index is 2.00. The Morgan fingerprint density at radius 3 is 3.00 bits per heavy atom. The molecular formula is C14H19N3OS2. The zero-order chi connectivity index (χ0) is 14.1. The molecule has 1 aliphatic heterocycles. The van der Waals surface area contributed by atoms with Crippen LogP contribution in [-0.4, -0.2) is 35.0 Å². The summed E-state index contributed by atoms with van der Waals surface area (Å²) in [4.78, 5) is 11.7. The second-order valence-electron chi connectivity index (χ2n) is 4.91. The SMILES string of the molecule is CCc1cc2c(SC3CCOC3C)nc(NC)nc2s1. The number of hydrogen-bond acceptors (Lipinski definition) is 6. The third kappa shape index (κ3) is 2.64.